The van der Waals surface area contributed by atoms with Crippen molar-refractivity contribution in [3.8, 4) is 11.3 Å². The number of rotatable bonds is 1. The van der Waals surface area contributed by atoms with E-state index >= 15 is 0 Å². The van der Waals surface area contributed by atoms with Crippen molar-refractivity contribution in [2.24, 2.45) is 0 Å². The molecule has 0 unspecified atom stereocenters. The van der Waals surface area contributed by atoms with Crippen LogP contribution in [-0.2, 0) is 0 Å². The van der Waals surface area contributed by atoms with Crippen LogP contribution in [0.1, 0.15) is 0 Å². The second-order valence-electron chi connectivity index (χ2n) is 3.30. The minimum absolute atomic E-state index is 0.215. The maximum atomic E-state index is 13.0. The monoisotopic (exact) mass is 234 g/mol. The molecule has 0 amide bonds. The van der Waals surface area contributed by atoms with Gasteiger partial charge in [-0.3, -0.25) is 0 Å². The van der Waals surface area contributed by atoms with Gasteiger partial charge >= 0.3 is 0 Å². The second-order valence-corrected chi connectivity index (χ2v) is 3.30. The molecule has 0 saturated carbocycles. The molecule has 0 spiro atoms. The predicted molar refractivity (Wildman–Crippen MR) is 52.7 cm³/mol. The molecule has 0 saturated heterocycles. The van der Waals surface area contributed by atoms with Gasteiger partial charge in [-0.1, -0.05) is 0 Å². The number of nitrogens with zero attached hydrogens (tertiary/aromatic N) is 4. The topological polar surface area (TPSA) is 64.7 Å². The van der Waals surface area contributed by atoms with E-state index in [1.54, 1.807) is 0 Å². The van der Waals surface area contributed by atoms with Gasteiger partial charge in [0.1, 0.15) is 0 Å². The number of halogens is 2. The molecular formula is C10H4F2N4O. The van der Waals surface area contributed by atoms with Crippen molar-refractivity contribution in [2.75, 3.05) is 0 Å². The average Bonchev–Trinajstić information content (AvgIpc) is 2.79. The molecule has 3 rings (SSSR count). The van der Waals surface area contributed by atoms with E-state index in [0.717, 1.165) is 12.1 Å². The van der Waals surface area contributed by atoms with Crippen LogP contribution >= 0.6 is 0 Å². The van der Waals surface area contributed by atoms with E-state index in [1.807, 2.05) is 0 Å². The molecule has 3 aromatic rings. The predicted octanol–water partition coefficient (Wildman–Crippen LogP) is 1.96. The fourth-order valence-corrected chi connectivity index (χ4v) is 1.39. The largest absolute Gasteiger partial charge is 0.243 e. The molecule has 7 heteroatoms. The van der Waals surface area contributed by atoms with Gasteiger partial charge in [-0.15, -0.1) is 0 Å². The molecule has 0 N–H and O–H groups in total. The maximum absolute atomic E-state index is 13.0. The smallest absolute Gasteiger partial charge is 0.240 e. The minimum Gasteiger partial charge on any atom is -0.240 e. The zero-order valence-electron chi connectivity index (χ0n) is 8.26. The first-order valence-electron chi connectivity index (χ1n) is 4.65. The van der Waals surface area contributed by atoms with Gasteiger partial charge < -0.3 is 0 Å². The minimum atomic E-state index is -0.942. The summed E-state index contributed by atoms with van der Waals surface area (Å²) < 4.78 is 30.3. The van der Waals surface area contributed by atoms with Gasteiger partial charge in [0, 0.05) is 5.56 Å². The van der Waals surface area contributed by atoms with E-state index in [9.17, 15) is 8.78 Å². The Bertz CT molecular complexity index is 698. The Balaban J connectivity index is 2.16. The number of benzene rings is 1. The number of hydrogen-bond donors (Lipinski definition) is 0. The van der Waals surface area contributed by atoms with Crippen molar-refractivity contribution < 1.29 is 13.4 Å². The molecule has 1 aromatic carbocycles. The van der Waals surface area contributed by atoms with Crippen LogP contribution in [0.3, 0.4) is 0 Å². The second kappa shape index (κ2) is 3.55. The summed E-state index contributed by atoms with van der Waals surface area (Å²) in [7, 11) is 0. The summed E-state index contributed by atoms with van der Waals surface area (Å²) in [5, 5.41) is 7.01. The fourth-order valence-electron chi connectivity index (χ4n) is 1.39. The van der Waals surface area contributed by atoms with Crippen LogP contribution in [0.5, 0.6) is 0 Å². The first-order valence-corrected chi connectivity index (χ1v) is 4.65. The van der Waals surface area contributed by atoms with Crippen LogP contribution in [-0.4, -0.2) is 20.3 Å². The Morgan fingerprint density at radius 2 is 1.82 bits per heavy atom. The van der Waals surface area contributed by atoms with Crippen molar-refractivity contribution >= 4 is 11.3 Å². The van der Waals surface area contributed by atoms with Crippen LogP contribution in [0.2, 0.25) is 0 Å². The molecule has 0 aliphatic heterocycles. The third-order valence-corrected chi connectivity index (χ3v) is 2.21. The van der Waals surface area contributed by atoms with Crippen molar-refractivity contribution in [3.63, 3.8) is 0 Å². The summed E-state index contributed by atoms with van der Waals surface area (Å²) >= 11 is 0. The van der Waals surface area contributed by atoms with Gasteiger partial charge in [0.05, 0.1) is 11.9 Å². The summed E-state index contributed by atoms with van der Waals surface area (Å²) in [6, 6.07) is 3.47. The summed E-state index contributed by atoms with van der Waals surface area (Å²) in [5.74, 6) is -1.85. The molecule has 5 nitrogen and oxygen atoms in total. The van der Waals surface area contributed by atoms with Gasteiger partial charge in [-0.05, 0) is 28.5 Å². The molecule has 0 fully saturated rings. The van der Waals surface area contributed by atoms with Gasteiger partial charge in [0.15, 0.2) is 11.6 Å². The maximum Gasteiger partial charge on any atom is 0.243 e. The zero-order valence-corrected chi connectivity index (χ0v) is 8.26. The lowest BCUT2D eigenvalue weighted by molar-refractivity contribution is 0.314. The average molecular weight is 234 g/mol. The highest BCUT2D eigenvalue weighted by atomic mass is 19.2. The fraction of sp³-hybridized carbons (Fsp3) is 0. The van der Waals surface area contributed by atoms with Crippen LogP contribution in [0, 0.1) is 11.6 Å². The van der Waals surface area contributed by atoms with Crippen molar-refractivity contribution in [1.29, 1.82) is 0 Å². The Morgan fingerprint density at radius 1 is 1.00 bits per heavy atom. The normalized spacial score (nSPS) is 10.9. The summed E-state index contributed by atoms with van der Waals surface area (Å²) in [5.41, 5.74) is 1.25. The molecule has 2 aromatic heterocycles. The highest BCUT2D eigenvalue weighted by Gasteiger charge is 2.09. The molecule has 2 heterocycles. The van der Waals surface area contributed by atoms with Gasteiger partial charge in [-0.25, -0.2) is 23.4 Å². The highest BCUT2D eigenvalue weighted by molar-refractivity contribution is 5.68. The Hall–Kier alpha value is -2.44. The Kier molecular flexibility index (Phi) is 2.04. The summed E-state index contributed by atoms with van der Waals surface area (Å²) in [6.45, 7) is 0. The number of aromatic nitrogens is 4. The van der Waals surface area contributed by atoms with Crippen LogP contribution in [0.25, 0.3) is 22.6 Å². The van der Waals surface area contributed by atoms with E-state index < -0.39 is 11.6 Å². The molecule has 0 aliphatic carbocycles. The molecule has 84 valence electrons. The van der Waals surface area contributed by atoms with Crippen molar-refractivity contribution in [1.82, 2.24) is 20.3 Å². The first kappa shape index (κ1) is 9.76. The summed E-state index contributed by atoms with van der Waals surface area (Å²) in [6.07, 6.45) is 1.39. The lowest BCUT2D eigenvalue weighted by atomic mass is 10.1. The molecule has 17 heavy (non-hydrogen) atoms. The molecule has 0 aliphatic rings. The molecule has 0 bridgehead atoms. The Morgan fingerprint density at radius 3 is 2.65 bits per heavy atom. The summed E-state index contributed by atoms with van der Waals surface area (Å²) in [4.78, 5) is 7.98. The molecule has 0 atom stereocenters. The molecular weight excluding hydrogens is 230 g/mol. The van der Waals surface area contributed by atoms with Crippen LogP contribution < -0.4 is 0 Å². The van der Waals surface area contributed by atoms with Gasteiger partial charge in [0.2, 0.25) is 11.3 Å². The van der Waals surface area contributed by atoms with E-state index in [-0.39, 0.29) is 11.3 Å². The van der Waals surface area contributed by atoms with E-state index in [2.05, 4.69) is 24.9 Å². The zero-order chi connectivity index (χ0) is 11.8. The third-order valence-electron chi connectivity index (χ3n) is 2.21. The first-order chi connectivity index (χ1) is 8.24. The van der Waals surface area contributed by atoms with Crippen LogP contribution in [0.15, 0.2) is 29.0 Å². The lowest BCUT2D eigenvalue weighted by Gasteiger charge is -1.99. The van der Waals surface area contributed by atoms with Crippen LogP contribution in [0.4, 0.5) is 8.78 Å². The SMILES string of the molecule is Fc1ccc(-c2cnc3nonc3n2)cc1F. The molecule has 0 radical (unpaired) electrons. The van der Waals surface area contributed by atoms with Crippen molar-refractivity contribution in [2.45, 2.75) is 0 Å². The van der Waals surface area contributed by atoms with E-state index in [4.69, 9.17) is 0 Å². The van der Waals surface area contributed by atoms with E-state index in [1.165, 1.54) is 12.3 Å². The van der Waals surface area contributed by atoms with Gasteiger partial charge in [-0.2, -0.15) is 0 Å². The quantitative estimate of drug-likeness (QED) is 0.643. The van der Waals surface area contributed by atoms with Gasteiger partial charge in [0.25, 0.3) is 0 Å². The standard InChI is InChI=1S/C10H4F2N4O/c11-6-2-1-5(3-7(6)12)8-4-13-9-10(14-8)16-17-15-9/h1-4H. The number of hydrogen-bond acceptors (Lipinski definition) is 5. The highest BCUT2D eigenvalue weighted by Crippen LogP contribution is 2.20. The third kappa shape index (κ3) is 1.61. The lowest BCUT2D eigenvalue weighted by Crippen LogP contribution is -1.90. The van der Waals surface area contributed by atoms with Crippen molar-refractivity contribution in [3.05, 3.63) is 36.0 Å². The van der Waals surface area contributed by atoms with E-state index in [0.29, 0.717) is 11.3 Å². The Labute approximate surface area is 93.1 Å². The number of fused-ring (bicyclic) bond motifs is 1.